The number of hydrogen-bond donors (Lipinski definition) is 1. The number of rotatable bonds is 5. The molecule has 0 aromatic heterocycles. The second kappa shape index (κ2) is 5.85. The van der Waals surface area contributed by atoms with E-state index in [1.165, 1.54) is 0 Å². The van der Waals surface area contributed by atoms with Crippen molar-refractivity contribution in [2.24, 2.45) is 11.7 Å². The Morgan fingerprint density at radius 2 is 2.06 bits per heavy atom. The van der Waals surface area contributed by atoms with Gasteiger partial charge in [0.05, 0.1) is 0 Å². The lowest BCUT2D eigenvalue weighted by atomic mass is 10.1. The van der Waals surface area contributed by atoms with Crippen molar-refractivity contribution in [2.45, 2.75) is 26.8 Å². The summed E-state index contributed by atoms with van der Waals surface area (Å²) in [4.78, 5) is 2.07. The maximum absolute atomic E-state index is 13.5. The molecule has 0 unspecified atom stereocenters. The average molecular weight is 224 g/mol. The first kappa shape index (κ1) is 13.0. The van der Waals surface area contributed by atoms with Gasteiger partial charge < -0.3 is 10.6 Å². The highest BCUT2D eigenvalue weighted by atomic mass is 19.1. The minimum Gasteiger partial charge on any atom is -0.375 e. The van der Waals surface area contributed by atoms with Gasteiger partial charge in [0.15, 0.2) is 0 Å². The molecule has 90 valence electrons. The molecule has 2 N–H and O–H groups in total. The van der Waals surface area contributed by atoms with Gasteiger partial charge in [-0.3, -0.25) is 0 Å². The summed E-state index contributed by atoms with van der Waals surface area (Å²) in [6, 6.07) is 5.24. The van der Waals surface area contributed by atoms with Crippen molar-refractivity contribution in [1.29, 1.82) is 0 Å². The standard InChI is InChI=1S/C13H21FN2/c1-10(2)6-7-16(3)12-5-4-11(9-15)13(14)8-12/h4-5,8,10H,6-7,9,15H2,1-3H3. The van der Waals surface area contributed by atoms with Crippen LogP contribution in [-0.4, -0.2) is 13.6 Å². The Hall–Kier alpha value is -1.09. The van der Waals surface area contributed by atoms with E-state index in [1.54, 1.807) is 12.1 Å². The van der Waals surface area contributed by atoms with Gasteiger partial charge in [0.1, 0.15) is 5.82 Å². The normalized spacial score (nSPS) is 10.9. The SMILES string of the molecule is CC(C)CCN(C)c1ccc(CN)c(F)c1. The summed E-state index contributed by atoms with van der Waals surface area (Å²) in [5, 5.41) is 0. The van der Waals surface area contributed by atoms with Crippen LogP contribution in [0.15, 0.2) is 18.2 Å². The Labute approximate surface area is 97.3 Å². The summed E-state index contributed by atoms with van der Waals surface area (Å²) in [5.74, 6) is 0.451. The topological polar surface area (TPSA) is 29.3 Å². The summed E-state index contributed by atoms with van der Waals surface area (Å²) in [6.07, 6.45) is 1.11. The second-order valence-electron chi connectivity index (χ2n) is 4.58. The van der Waals surface area contributed by atoms with E-state index >= 15 is 0 Å². The fourth-order valence-electron chi connectivity index (χ4n) is 1.52. The third-order valence-electron chi connectivity index (χ3n) is 2.74. The van der Waals surface area contributed by atoms with Gasteiger partial charge in [0.2, 0.25) is 0 Å². The van der Waals surface area contributed by atoms with Crippen molar-refractivity contribution in [3.8, 4) is 0 Å². The number of hydrogen-bond acceptors (Lipinski definition) is 2. The number of benzene rings is 1. The van der Waals surface area contributed by atoms with Crippen LogP contribution in [0.1, 0.15) is 25.8 Å². The van der Waals surface area contributed by atoms with E-state index in [1.807, 2.05) is 13.1 Å². The lowest BCUT2D eigenvalue weighted by Crippen LogP contribution is -2.20. The van der Waals surface area contributed by atoms with Crippen LogP contribution in [0.2, 0.25) is 0 Å². The highest BCUT2D eigenvalue weighted by Crippen LogP contribution is 2.18. The first-order valence-corrected chi connectivity index (χ1v) is 5.74. The van der Waals surface area contributed by atoms with Crippen LogP contribution in [-0.2, 0) is 6.54 Å². The zero-order valence-electron chi connectivity index (χ0n) is 10.3. The highest BCUT2D eigenvalue weighted by Gasteiger charge is 2.06. The lowest BCUT2D eigenvalue weighted by molar-refractivity contribution is 0.582. The number of nitrogens with two attached hydrogens (primary N) is 1. The minimum absolute atomic E-state index is 0.212. The number of nitrogens with zero attached hydrogens (tertiary/aromatic N) is 1. The zero-order chi connectivity index (χ0) is 12.1. The molecule has 3 heteroatoms. The van der Waals surface area contributed by atoms with E-state index in [0.29, 0.717) is 11.5 Å². The van der Waals surface area contributed by atoms with Crippen molar-refractivity contribution < 1.29 is 4.39 Å². The average Bonchev–Trinajstić information content (AvgIpc) is 2.25. The van der Waals surface area contributed by atoms with Gasteiger partial charge in [-0.15, -0.1) is 0 Å². The Balaban J connectivity index is 2.69. The molecule has 0 amide bonds. The quantitative estimate of drug-likeness (QED) is 0.833. The van der Waals surface area contributed by atoms with E-state index in [-0.39, 0.29) is 12.4 Å². The Kier molecular flexibility index (Phi) is 4.74. The maximum Gasteiger partial charge on any atom is 0.129 e. The molecule has 0 saturated heterocycles. The number of halogens is 1. The smallest absolute Gasteiger partial charge is 0.129 e. The summed E-state index contributed by atoms with van der Waals surface area (Å²) in [6.45, 7) is 5.57. The van der Waals surface area contributed by atoms with Gasteiger partial charge in [0.25, 0.3) is 0 Å². The molecule has 0 bridgehead atoms. The molecule has 0 heterocycles. The summed E-state index contributed by atoms with van der Waals surface area (Å²) < 4.78 is 13.5. The van der Waals surface area contributed by atoms with E-state index in [9.17, 15) is 4.39 Å². The minimum atomic E-state index is -0.212. The molecular formula is C13H21FN2. The third kappa shape index (κ3) is 3.49. The van der Waals surface area contributed by atoms with Crippen LogP contribution in [0.5, 0.6) is 0 Å². The molecule has 0 aliphatic heterocycles. The molecule has 1 rings (SSSR count). The monoisotopic (exact) mass is 224 g/mol. The fraction of sp³-hybridized carbons (Fsp3) is 0.538. The molecule has 0 atom stereocenters. The van der Waals surface area contributed by atoms with Gasteiger partial charge in [-0.05, 0) is 24.5 Å². The Morgan fingerprint density at radius 1 is 1.38 bits per heavy atom. The molecule has 0 spiro atoms. The van der Waals surface area contributed by atoms with Gasteiger partial charge in [-0.25, -0.2) is 4.39 Å². The van der Waals surface area contributed by atoms with Crippen molar-refractivity contribution in [3.05, 3.63) is 29.6 Å². The van der Waals surface area contributed by atoms with Crippen molar-refractivity contribution >= 4 is 5.69 Å². The molecule has 0 radical (unpaired) electrons. The van der Waals surface area contributed by atoms with Gasteiger partial charge >= 0.3 is 0 Å². The van der Waals surface area contributed by atoms with Crippen LogP contribution in [0.4, 0.5) is 10.1 Å². The van der Waals surface area contributed by atoms with Crippen LogP contribution in [0.3, 0.4) is 0 Å². The van der Waals surface area contributed by atoms with Crippen molar-refractivity contribution in [1.82, 2.24) is 0 Å². The molecule has 1 aromatic rings. The number of anilines is 1. The molecule has 0 fully saturated rings. The Bertz CT molecular complexity index is 337. The van der Waals surface area contributed by atoms with Gasteiger partial charge in [-0.2, -0.15) is 0 Å². The molecule has 16 heavy (non-hydrogen) atoms. The first-order chi connectivity index (χ1) is 7.54. The second-order valence-corrected chi connectivity index (χ2v) is 4.58. The predicted octanol–water partition coefficient (Wildman–Crippen LogP) is 2.77. The van der Waals surface area contributed by atoms with Crippen LogP contribution in [0, 0.1) is 11.7 Å². The van der Waals surface area contributed by atoms with Gasteiger partial charge in [0, 0.05) is 31.4 Å². The summed E-state index contributed by atoms with van der Waals surface area (Å²) in [5.41, 5.74) is 6.90. The molecular weight excluding hydrogens is 203 g/mol. The van der Waals surface area contributed by atoms with Crippen molar-refractivity contribution in [3.63, 3.8) is 0 Å². The van der Waals surface area contributed by atoms with E-state index in [4.69, 9.17) is 5.73 Å². The van der Waals surface area contributed by atoms with E-state index in [2.05, 4.69) is 18.7 Å². The summed E-state index contributed by atoms with van der Waals surface area (Å²) in [7, 11) is 1.99. The van der Waals surface area contributed by atoms with Crippen LogP contribution in [0.25, 0.3) is 0 Å². The molecule has 2 nitrogen and oxygen atoms in total. The van der Waals surface area contributed by atoms with Crippen LogP contribution >= 0.6 is 0 Å². The molecule has 0 aliphatic carbocycles. The lowest BCUT2D eigenvalue weighted by Gasteiger charge is -2.20. The predicted molar refractivity (Wildman–Crippen MR) is 67.0 cm³/mol. The maximum atomic E-state index is 13.5. The Morgan fingerprint density at radius 3 is 2.56 bits per heavy atom. The molecule has 1 aromatic carbocycles. The molecule has 0 saturated carbocycles. The van der Waals surface area contributed by atoms with E-state index < -0.39 is 0 Å². The summed E-state index contributed by atoms with van der Waals surface area (Å²) >= 11 is 0. The van der Waals surface area contributed by atoms with E-state index in [0.717, 1.165) is 18.7 Å². The third-order valence-corrected chi connectivity index (χ3v) is 2.74. The highest BCUT2D eigenvalue weighted by molar-refractivity contribution is 5.47. The first-order valence-electron chi connectivity index (χ1n) is 5.74. The fourth-order valence-corrected chi connectivity index (χ4v) is 1.52. The van der Waals surface area contributed by atoms with Crippen molar-refractivity contribution in [2.75, 3.05) is 18.5 Å². The zero-order valence-corrected chi connectivity index (χ0v) is 10.3. The van der Waals surface area contributed by atoms with Gasteiger partial charge in [-0.1, -0.05) is 19.9 Å². The molecule has 0 aliphatic rings. The van der Waals surface area contributed by atoms with Crippen LogP contribution < -0.4 is 10.6 Å². The largest absolute Gasteiger partial charge is 0.375 e.